The number of hydrogen-bond acceptors (Lipinski definition) is 10. The lowest BCUT2D eigenvalue weighted by atomic mass is 9.95. The summed E-state index contributed by atoms with van der Waals surface area (Å²) in [5, 5.41) is 15.0. The number of aliphatic carboxylic acids is 1. The number of hydrogen-bond donors (Lipinski definition) is 2. The maximum absolute atomic E-state index is 14.0. The van der Waals surface area contributed by atoms with Gasteiger partial charge in [0.25, 0.3) is 0 Å². The zero-order valence-corrected chi connectivity index (χ0v) is 26.6. The number of urea groups is 1. The molecule has 0 bridgehead atoms. The summed E-state index contributed by atoms with van der Waals surface area (Å²) >= 11 is 7.86. The van der Waals surface area contributed by atoms with E-state index in [-0.39, 0.29) is 29.2 Å². The lowest BCUT2D eigenvalue weighted by Crippen LogP contribution is -2.53. The van der Waals surface area contributed by atoms with Gasteiger partial charge in [0.15, 0.2) is 10.8 Å². The van der Waals surface area contributed by atoms with Gasteiger partial charge in [-0.05, 0) is 36.4 Å². The van der Waals surface area contributed by atoms with Crippen molar-refractivity contribution in [2.24, 2.45) is 4.99 Å². The van der Waals surface area contributed by atoms with Crippen LogP contribution in [0.3, 0.4) is 0 Å². The monoisotopic (exact) mass is 667 g/mol. The van der Waals surface area contributed by atoms with E-state index in [0.29, 0.717) is 54.8 Å². The molecule has 0 spiro atoms. The molecule has 1 aromatic heterocycles. The van der Waals surface area contributed by atoms with E-state index in [1.807, 2.05) is 22.4 Å². The van der Waals surface area contributed by atoms with Gasteiger partial charge in [0.05, 0.1) is 18.7 Å². The van der Waals surface area contributed by atoms with E-state index in [4.69, 9.17) is 26.4 Å². The highest BCUT2D eigenvalue weighted by Gasteiger charge is 2.42. The molecule has 0 radical (unpaired) electrons. The maximum atomic E-state index is 14.0. The number of aromatic nitrogens is 1. The van der Waals surface area contributed by atoms with Crippen molar-refractivity contribution >= 4 is 58.1 Å². The van der Waals surface area contributed by atoms with E-state index in [1.165, 1.54) is 36.6 Å². The quantitative estimate of drug-likeness (QED) is 0.329. The van der Waals surface area contributed by atoms with Gasteiger partial charge >= 0.3 is 18.0 Å². The molecule has 3 aromatic rings. The highest BCUT2D eigenvalue weighted by Crippen LogP contribution is 2.37. The fraction of sp³-hybridized carbons (Fsp3) is 0.323. The molecule has 12 nitrogen and oxygen atoms in total. The number of nitrogens with zero attached hydrogens (tertiary/aromatic N) is 6. The average Bonchev–Trinajstić information content (AvgIpc) is 3.69. The van der Waals surface area contributed by atoms with Crippen LogP contribution in [0.15, 0.2) is 70.3 Å². The molecule has 240 valence electrons. The number of esters is 1. The summed E-state index contributed by atoms with van der Waals surface area (Å²) in [6.07, 6.45) is 1.66. The van der Waals surface area contributed by atoms with Gasteiger partial charge in [-0.15, -0.1) is 11.3 Å². The second-order valence-corrected chi connectivity index (χ2v) is 12.4. The number of ether oxygens (including phenoxy) is 1. The van der Waals surface area contributed by atoms with Gasteiger partial charge in [0.2, 0.25) is 0 Å². The summed E-state index contributed by atoms with van der Waals surface area (Å²) in [7, 11) is 2.99. The summed E-state index contributed by atoms with van der Waals surface area (Å²) in [5.74, 6) is -1.56. The number of carboxylic acid groups (broad SMARTS) is 1. The number of rotatable bonds is 9. The van der Waals surface area contributed by atoms with Crippen molar-refractivity contribution in [3.8, 4) is 0 Å². The SMILES string of the molecule is COC(=O)C1=C(CN2CCN3C(=O)N(c4ccc(N(C)CC(=O)O)cc4)C[C@@H]3C2)NC(c2nccs2)=N[C@H]1c1ccc(F)cc1Cl. The Morgan fingerprint density at radius 2 is 1.98 bits per heavy atom. The Kier molecular flexibility index (Phi) is 8.93. The largest absolute Gasteiger partial charge is 0.480 e. The van der Waals surface area contributed by atoms with Gasteiger partial charge in [0.1, 0.15) is 18.4 Å². The Balaban J connectivity index is 1.24. The standard InChI is InChI=1S/C31H31ClFN7O5S/c1-37(17-25(41)42)19-4-6-20(7-5-19)40-15-21-14-38(10-11-39(21)31(40)44)16-24-26(30(43)45-2)27(22-8-3-18(33)13-23(22)32)36-28(35-24)29-34-9-12-46-29/h3-9,12-13,21,27H,10-11,14-17H2,1-2H3,(H,35,36)(H,41,42)/t21-,27-/m0/s1. The average molecular weight is 668 g/mol. The van der Waals surface area contributed by atoms with E-state index in [9.17, 15) is 18.8 Å². The number of carboxylic acids is 1. The third-order valence-electron chi connectivity index (χ3n) is 8.22. The molecule has 2 aromatic carbocycles. The van der Waals surface area contributed by atoms with Crippen LogP contribution in [0.2, 0.25) is 5.02 Å². The van der Waals surface area contributed by atoms with Crippen LogP contribution in [-0.4, -0.2) is 103 Å². The highest BCUT2D eigenvalue weighted by molar-refractivity contribution is 7.11. The first-order valence-electron chi connectivity index (χ1n) is 14.5. The number of benzene rings is 2. The second kappa shape index (κ2) is 13.1. The Morgan fingerprint density at radius 3 is 2.65 bits per heavy atom. The van der Waals surface area contributed by atoms with Crippen molar-refractivity contribution in [3.05, 3.63) is 86.7 Å². The van der Waals surface area contributed by atoms with Crippen LogP contribution in [0, 0.1) is 5.82 Å². The highest BCUT2D eigenvalue weighted by atomic mass is 35.5. The molecule has 6 rings (SSSR count). The number of carbonyl (C=O) groups is 3. The molecular weight excluding hydrogens is 637 g/mol. The first kappa shape index (κ1) is 31.5. The molecule has 2 fully saturated rings. The minimum Gasteiger partial charge on any atom is -0.480 e. The molecule has 2 amide bonds. The van der Waals surface area contributed by atoms with Crippen molar-refractivity contribution in [2.45, 2.75) is 12.1 Å². The number of methoxy groups -OCH3 is 1. The molecular formula is C31H31ClFN7O5S. The summed E-state index contributed by atoms with van der Waals surface area (Å²) in [6, 6.07) is 10.2. The minimum atomic E-state index is -0.929. The van der Waals surface area contributed by atoms with Crippen LogP contribution in [0.4, 0.5) is 20.6 Å². The van der Waals surface area contributed by atoms with Gasteiger partial charge in [-0.25, -0.2) is 19.0 Å². The number of amides is 2. The van der Waals surface area contributed by atoms with Gasteiger partial charge in [-0.2, -0.15) is 0 Å². The first-order chi connectivity index (χ1) is 22.1. The Morgan fingerprint density at radius 1 is 1.20 bits per heavy atom. The van der Waals surface area contributed by atoms with E-state index < -0.39 is 23.8 Å². The van der Waals surface area contributed by atoms with Crippen molar-refractivity contribution in [2.75, 3.05) is 63.2 Å². The molecule has 0 unspecified atom stereocenters. The number of amidine groups is 1. The van der Waals surface area contributed by atoms with Crippen molar-refractivity contribution in [1.29, 1.82) is 0 Å². The fourth-order valence-electron chi connectivity index (χ4n) is 6.00. The number of nitrogens with one attached hydrogen (secondary N) is 1. The van der Waals surface area contributed by atoms with Crippen LogP contribution >= 0.6 is 22.9 Å². The molecule has 3 aliphatic heterocycles. The number of aliphatic imine (C=N–C) groups is 1. The van der Waals surface area contributed by atoms with E-state index in [0.717, 1.165) is 11.4 Å². The first-order valence-corrected chi connectivity index (χ1v) is 15.7. The number of piperazine rings is 1. The Bertz CT molecular complexity index is 1720. The lowest BCUT2D eigenvalue weighted by molar-refractivity contribution is -0.137. The van der Waals surface area contributed by atoms with Crippen molar-refractivity contribution in [3.63, 3.8) is 0 Å². The summed E-state index contributed by atoms with van der Waals surface area (Å²) < 4.78 is 19.2. The summed E-state index contributed by atoms with van der Waals surface area (Å²) in [6.45, 7) is 2.25. The predicted octanol–water partition coefficient (Wildman–Crippen LogP) is 3.60. The third kappa shape index (κ3) is 6.28. The molecule has 2 N–H and O–H groups in total. The molecule has 0 saturated carbocycles. The van der Waals surface area contributed by atoms with Crippen LogP contribution < -0.4 is 15.1 Å². The lowest BCUT2D eigenvalue weighted by Gasteiger charge is -2.38. The van der Waals surface area contributed by atoms with Crippen LogP contribution in [-0.2, 0) is 14.3 Å². The number of halogens is 2. The zero-order valence-electron chi connectivity index (χ0n) is 25.0. The molecule has 2 atom stereocenters. The van der Waals surface area contributed by atoms with Gasteiger partial charge in [0, 0.05) is 79.0 Å². The fourth-order valence-corrected chi connectivity index (χ4v) is 6.86. The summed E-state index contributed by atoms with van der Waals surface area (Å²) in [4.78, 5) is 54.3. The maximum Gasteiger partial charge on any atom is 0.338 e. The van der Waals surface area contributed by atoms with Crippen molar-refractivity contribution < 1.29 is 28.6 Å². The number of anilines is 2. The topological polar surface area (TPSA) is 131 Å². The Hall–Kier alpha value is -4.53. The normalized spacial score (nSPS) is 19.9. The number of likely N-dealkylation sites (N-methyl/N-ethyl adjacent to an activating group) is 1. The molecule has 15 heteroatoms. The number of fused-ring (bicyclic) bond motifs is 1. The molecule has 2 saturated heterocycles. The third-order valence-corrected chi connectivity index (χ3v) is 9.32. The molecule has 4 heterocycles. The van der Waals surface area contributed by atoms with E-state index in [2.05, 4.69) is 15.2 Å². The predicted molar refractivity (Wildman–Crippen MR) is 172 cm³/mol. The number of thiazole rings is 1. The summed E-state index contributed by atoms with van der Waals surface area (Å²) in [5.41, 5.74) is 2.74. The van der Waals surface area contributed by atoms with Crippen LogP contribution in [0.1, 0.15) is 16.6 Å². The second-order valence-electron chi connectivity index (χ2n) is 11.1. The smallest absolute Gasteiger partial charge is 0.338 e. The molecule has 3 aliphatic rings. The van der Waals surface area contributed by atoms with Gasteiger partial charge in [-0.3, -0.25) is 19.6 Å². The van der Waals surface area contributed by atoms with Crippen molar-refractivity contribution in [1.82, 2.24) is 20.1 Å². The van der Waals surface area contributed by atoms with Crippen LogP contribution in [0.5, 0.6) is 0 Å². The van der Waals surface area contributed by atoms with Gasteiger partial charge < -0.3 is 25.0 Å². The number of carbonyl (C=O) groups excluding carboxylic acids is 2. The zero-order chi connectivity index (χ0) is 32.5. The molecule has 0 aliphatic carbocycles. The van der Waals surface area contributed by atoms with E-state index >= 15 is 0 Å². The molecule has 46 heavy (non-hydrogen) atoms. The van der Waals surface area contributed by atoms with E-state index in [1.54, 1.807) is 35.2 Å². The Labute approximate surface area is 273 Å². The minimum absolute atomic E-state index is 0.0919. The van der Waals surface area contributed by atoms with Crippen LogP contribution in [0.25, 0.3) is 0 Å². The van der Waals surface area contributed by atoms with Gasteiger partial charge in [-0.1, -0.05) is 17.7 Å².